The number of nitrogens with one attached hydrogen (secondary N) is 1. The first-order chi connectivity index (χ1) is 11.4. The van der Waals surface area contributed by atoms with E-state index in [9.17, 15) is 9.18 Å². The molecule has 0 aromatic rings. The molecular formula is C19H34FN3O. The number of aldehydes is 1. The van der Waals surface area contributed by atoms with E-state index in [1.54, 1.807) is 0 Å². The third-order valence-corrected chi connectivity index (χ3v) is 6.09. The summed E-state index contributed by atoms with van der Waals surface area (Å²) in [6.45, 7) is 6.42. The third kappa shape index (κ3) is 5.09. The van der Waals surface area contributed by atoms with Crippen LogP contribution in [0.3, 0.4) is 0 Å². The maximum absolute atomic E-state index is 13.8. The maximum atomic E-state index is 13.8. The molecule has 0 radical (unpaired) electrons. The summed E-state index contributed by atoms with van der Waals surface area (Å²) < 4.78 is 13.8. The fraction of sp³-hybridized carbons (Fsp3) is 0.895. The van der Waals surface area contributed by atoms with Gasteiger partial charge in [-0.1, -0.05) is 13.8 Å². The number of hydrogen-bond donors (Lipinski definition) is 2. The fourth-order valence-electron chi connectivity index (χ4n) is 4.48. The predicted octanol–water partition coefficient (Wildman–Crippen LogP) is 3.10. The first kappa shape index (κ1) is 19.5. The normalized spacial score (nSPS) is 37.1. The van der Waals surface area contributed by atoms with Crippen LogP contribution in [0, 0.1) is 23.7 Å². The molecule has 0 bridgehead atoms. The lowest BCUT2D eigenvalue weighted by molar-refractivity contribution is -0.109. The zero-order chi connectivity index (χ0) is 17.7. The number of halogens is 1. The molecule has 8 atom stereocenters. The number of rotatable bonds is 8. The van der Waals surface area contributed by atoms with Crippen molar-refractivity contribution in [3.63, 3.8) is 0 Å². The van der Waals surface area contributed by atoms with Crippen LogP contribution in [0.15, 0.2) is 4.99 Å². The SMILES string of the molecule is CC(CCC(C)C1CC=NC1C1CCC(F)C(C)C1)NC(N)C=O. The molecule has 138 valence electrons. The molecule has 1 aliphatic heterocycles. The zero-order valence-electron chi connectivity index (χ0n) is 15.3. The highest BCUT2D eigenvalue weighted by atomic mass is 19.1. The van der Waals surface area contributed by atoms with Gasteiger partial charge in [0.2, 0.25) is 0 Å². The molecule has 0 saturated heterocycles. The van der Waals surface area contributed by atoms with Crippen LogP contribution in [0.4, 0.5) is 4.39 Å². The molecule has 0 spiro atoms. The van der Waals surface area contributed by atoms with Crippen LogP contribution >= 0.6 is 0 Å². The smallest absolute Gasteiger partial charge is 0.151 e. The molecule has 0 amide bonds. The quantitative estimate of drug-likeness (QED) is 0.527. The summed E-state index contributed by atoms with van der Waals surface area (Å²) in [4.78, 5) is 15.4. The highest BCUT2D eigenvalue weighted by Gasteiger charge is 2.38. The fourth-order valence-corrected chi connectivity index (χ4v) is 4.48. The van der Waals surface area contributed by atoms with Gasteiger partial charge in [0.15, 0.2) is 6.29 Å². The molecule has 2 rings (SSSR count). The van der Waals surface area contributed by atoms with E-state index in [0.717, 1.165) is 38.4 Å². The van der Waals surface area contributed by atoms with Crippen molar-refractivity contribution in [2.24, 2.45) is 34.4 Å². The minimum absolute atomic E-state index is 0.171. The van der Waals surface area contributed by atoms with Gasteiger partial charge >= 0.3 is 0 Å². The van der Waals surface area contributed by atoms with Crippen molar-refractivity contribution in [1.29, 1.82) is 0 Å². The van der Waals surface area contributed by atoms with E-state index in [0.29, 0.717) is 30.2 Å². The van der Waals surface area contributed by atoms with E-state index < -0.39 is 12.3 Å². The standard InChI is InChI=1S/C19H34FN3O/c1-12(4-5-14(3)23-18(21)11-24)16-8-9-22-19(16)15-6-7-17(20)13(2)10-15/h9,11-19,23H,4-8,10,21H2,1-3H3. The van der Waals surface area contributed by atoms with Gasteiger partial charge in [-0.2, -0.15) is 0 Å². The van der Waals surface area contributed by atoms with E-state index in [4.69, 9.17) is 10.7 Å². The van der Waals surface area contributed by atoms with E-state index in [1.165, 1.54) is 0 Å². The molecule has 0 aromatic heterocycles. The summed E-state index contributed by atoms with van der Waals surface area (Å²) in [7, 11) is 0. The van der Waals surface area contributed by atoms with Crippen LogP contribution in [0.2, 0.25) is 0 Å². The Kier molecular flexibility index (Phi) is 7.35. The number of aliphatic imine (C=N–C) groups is 1. The molecule has 1 heterocycles. The van der Waals surface area contributed by atoms with Gasteiger partial charge in [-0.3, -0.25) is 10.3 Å². The lowest BCUT2D eigenvalue weighted by atomic mass is 9.71. The van der Waals surface area contributed by atoms with Gasteiger partial charge in [0, 0.05) is 6.04 Å². The Labute approximate surface area is 145 Å². The lowest BCUT2D eigenvalue weighted by Crippen LogP contribution is -2.44. The Hall–Kier alpha value is -0.810. The summed E-state index contributed by atoms with van der Waals surface area (Å²) in [5.74, 6) is 1.86. The minimum atomic E-state index is -0.628. The molecular weight excluding hydrogens is 305 g/mol. The number of alkyl halides is 1. The van der Waals surface area contributed by atoms with E-state index in [2.05, 4.69) is 25.4 Å². The van der Waals surface area contributed by atoms with Gasteiger partial charge in [0.05, 0.1) is 6.04 Å². The van der Waals surface area contributed by atoms with Crippen LogP contribution in [0.5, 0.6) is 0 Å². The van der Waals surface area contributed by atoms with Gasteiger partial charge < -0.3 is 10.5 Å². The first-order valence-electron chi connectivity index (χ1n) is 9.55. The highest BCUT2D eigenvalue weighted by molar-refractivity contribution is 5.61. The Morgan fingerprint density at radius 1 is 1.38 bits per heavy atom. The molecule has 3 N–H and O–H groups in total. The van der Waals surface area contributed by atoms with Gasteiger partial charge in [-0.05, 0) is 75.3 Å². The average Bonchev–Trinajstić information content (AvgIpc) is 3.04. The number of carbonyl (C=O) groups is 1. The Bertz CT molecular complexity index is 431. The van der Waals surface area contributed by atoms with Gasteiger partial charge in [0.1, 0.15) is 12.3 Å². The number of hydrogen-bond acceptors (Lipinski definition) is 4. The summed E-state index contributed by atoms with van der Waals surface area (Å²) >= 11 is 0. The van der Waals surface area contributed by atoms with Crippen molar-refractivity contribution in [1.82, 2.24) is 5.32 Å². The van der Waals surface area contributed by atoms with Crippen LogP contribution in [-0.4, -0.2) is 36.9 Å². The molecule has 1 aliphatic carbocycles. The molecule has 2 aliphatic rings. The van der Waals surface area contributed by atoms with Crippen molar-refractivity contribution in [3.05, 3.63) is 0 Å². The molecule has 5 heteroatoms. The van der Waals surface area contributed by atoms with E-state index in [-0.39, 0.29) is 12.0 Å². The summed E-state index contributed by atoms with van der Waals surface area (Å²) in [5, 5.41) is 3.10. The average molecular weight is 339 g/mol. The topological polar surface area (TPSA) is 67.5 Å². The molecule has 4 nitrogen and oxygen atoms in total. The Morgan fingerprint density at radius 3 is 2.79 bits per heavy atom. The van der Waals surface area contributed by atoms with E-state index in [1.807, 2.05) is 6.92 Å². The summed E-state index contributed by atoms with van der Waals surface area (Å²) in [6.07, 6.45) is 7.41. The number of nitrogens with two attached hydrogens (primary N) is 1. The van der Waals surface area contributed by atoms with E-state index >= 15 is 0 Å². The van der Waals surface area contributed by atoms with Gasteiger partial charge in [-0.15, -0.1) is 0 Å². The molecule has 1 fully saturated rings. The summed E-state index contributed by atoms with van der Waals surface area (Å²) in [5.41, 5.74) is 5.62. The van der Waals surface area contributed by atoms with Crippen molar-refractivity contribution in [2.75, 3.05) is 0 Å². The summed E-state index contributed by atoms with van der Waals surface area (Å²) in [6, 6.07) is 0.603. The van der Waals surface area contributed by atoms with Crippen molar-refractivity contribution in [2.45, 2.75) is 83.7 Å². The number of carbonyl (C=O) groups excluding carboxylic acids is 1. The highest BCUT2D eigenvalue weighted by Crippen LogP contribution is 2.41. The van der Waals surface area contributed by atoms with Crippen LogP contribution < -0.4 is 11.1 Å². The molecule has 8 unspecified atom stereocenters. The van der Waals surface area contributed by atoms with Crippen molar-refractivity contribution in [3.8, 4) is 0 Å². The van der Waals surface area contributed by atoms with Crippen LogP contribution in [-0.2, 0) is 4.79 Å². The Balaban J connectivity index is 1.83. The van der Waals surface area contributed by atoms with Gasteiger partial charge in [0.25, 0.3) is 0 Å². The largest absolute Gasteiger partial charge is 0.310 e. The Morgan fingerprint density at radius 2 is 2.12 bits per heavy atom. The molecule has 24 heavy (non-hydrogen) atoms. The second-order valence-corrected chi connectivity index (χ2v) is 8.07. The first-order valence-corrected chi connectivity index (χ1v) is 9.55. The third-order valence-electron chi connectivity index (χ3n) is 6.09. The molecule has 0 aromatic carbocycles. The lowest BCUT2D eigenvalue weighted by Gasteiger charge is -2.36. The predicted molar refractivity (Wildman–Crippen MR) is 96.8 cm³/mol. The minimum Gasteiger partial charge on any atom is -0.310 e. The van der Waals surface area contributed by atoms with Crippen LogP contribution in [0.25, 0.3) is 0 Å². The van der Waals surface area contributed by atoms with Crippen LogP contribution in [0.1, 0.15) is 59.3 Å². The number of nitrogens with zero attached hydrogens (tertiary/aromatic N) is 1. The zero-order valence-corrected chi connectivity index (χ0v) is 15.3. The second-order valence-electron chi connectivity index (χ2n) is 8.07. The maximum Gasteiger partial charge on any atom is 0.151 e. The van der Waals surface area contributed by atoms with Crippen molar-refractivity contribution >= 4 is 12.5 Å². The molecule has 1 saturated carbocycles. The second kappa shape index (κ2) is 9.04. The van der Waals surface area contributed by atoms with Crippen molar-refractivity contribution < 1.29 is 9.18 Å². The monoisotopic (exact) mass is 339 g/mol. The van der Waals surface area contributed by atoms with Gasteiger partial charge in [-0.25, -0.2) is 4.39 Å².